The highest BCUT2D eigenvalue weighted by Gasteiger charge is 2.51. The Bertz CT molecular complexity index is 786. The summed E-state index contributed by atoms with van der Waals surface area (Å²) in [5.74, 6) is -2.80. The molecule has 1 aliphatic rings. The normalized spacial score (nSPS) is 24.4. The van der Waals surface area contributed by atoms with Gasteiger partial charge in [0.2, 0.25) is 0 Å². The lowest BCUT2D eigenvalue weighted by Gasteiger charge is -2.41. The zero-order valence-corrected chi connectivity index (χ0v) is 15.0. The van der Waals surface area contributed by atoms with Gasteiger partial charge in [0.25, 0.3) is 0 Å². The molecule has 0 N–H and O–H groups in total. The van der Waals surface area contributed by atoms with Crippen molar-refractivity contribution in [2.45, 2.75) is 12.0 Å². The molecule has 0 bridgehead atoms. The van der Waals surface area contributed by atoms with Crippen LogP contribution in [0.25, 0.3) is 0 Å². The van der Waals surface area contributed by atoms with E-state index in [9.17, 15) is 9.59 Å². The van der Waals surface area contributed by atoms with Crippen molar-refractivity contribution in [3.05, 3.63) is 71.3 Å². The quantitative estimate of drug-likeness (QED) is 0.790. The number of ether oxygens (including phenoxy) is 3. The second-order valence-electron chi connectivity index (χ2n) is 6.27. The number of esters is 2. The second-order valence-corrected chi connectivity index (χ2v) is 6.27. The highest BCUT2D eigenvalue weighted by molar-refractivity contribution is 5.85. The third kappa shape index (κ3) is 2.99. The number of methoxy groups -OCH3 is 3. The highest BCUT2D eigenvalue weighted by Crippen LogP contribution is 2.50. The summed E-state index contributed by atoms with van der Waals surface area (Å²) in [6.07, 6.45) is -0.581. The van der Waals surface area contributed by atoms with Gasteiger partial charge in [0, 0.05) is 13.0 Å². The predicted molar refractivity (Wildman–Crippen MR) is 95.5 cm³/mol. The number of benzene rings is 2. The van der Waals surface area contributed by atoms with Crippen molar-refractivity contribution in [2.75, 3.05) is 21.3 Å². The Kier molecular flexibility index (Phi) is 5.38. The maximum Gasteiger partial charge on any atom is 0.312 e. The van der Waals surface area contributed by atoms with Gasteiger partial charge in [0.1, 0.15) is 5.92 Å². The largest absolute Gasteiger partial charge is 0.469 e. The Labute approximate surface area is 152 Å². The fourth-order valence-corrected chi connectivity index (χ4v) is 3.98. The fourth-order valence-electron chi connectivity index (χ4n) is 3.98. The minimum absolute atomic E-state index is 0.324. The molecule has 5 nitrogen and oxygen atoms in total. The van der Waals surface area contributed by atoms with Crippen LogP contribution in [0, 0.1) is 11.8 Å². The summed E-state index contributed by atoms with van der Waals surface area (Å²) < 4.78 is 15.7. The van der Waals surface area contributed by atoms with Crippen LogP contribution in [0.1, 0.15) is 28.7 Å². The van der Waals surface area contributed by atoms with E-state index >= 15 is 0 Å². The van der Waals surface area contributed by atoms with Crippen LogP contribution in [0.3, 0.4) is 0 Å². The summed E-state index contributed by atoms with van der Waals surface area (Å²) in [5.41, 5.74) is 2.79. The lowest BCUT2D eigenvalue weighted by molar-refractivity contribution is -0.166. The van der Waals surface area contributed by atoms with Crippen LogP contribution in [0.15, 0.2) is 54.6 Å². The number of hydrogen-bond acceptors (Lipinski definition) is 5. The first-order chi connectivity index (χ1) is 12.6. The SMILES string of the molecule is COC(=O)[C@@H]1[C@@H](c2ccccc2)c2ccccc2[C@@H](OC)[C@H]1C(=O)OC. The summed E-state index contributed by atoms with van der Waals surface area (Å²) in [6.45, 7) is 0. The number of carbonyl (C=O) groups excluding carboxylic acids is 2. The molecule has 0 radical (unpaired) electrons. The molecular formula is C21H22O5. The van der Waals surface area contributed by atoms with Gasteiger partial charge < -0.3 is 14.2 Å². The molecule has 2 aromatic carbocycles. The van der Waals surface area contributed by atoms with Gasteiger partial charge >= 0.3 is 11.9 Å². The second kappa shape index (κ2) is 7.70. The monoisotopic (exact) mass is 354 g/mol. The van der Waals surface area contributed by atoms with Crippen molar-refractivity contribution < 1.29 is 23.8 Å². The Hall–Kier alpha value is -2.66. The third-order valence-electron chi connectivity index (χ3n) is 5.07. The van der Waals surface area contributed by atoms with E-state index in [0.29, 0.717) is 0 Å². The summed E-state index contributed by atoms with van der Waals surface area (Å²) in [4.78, 5) is 25.4. The van der Waals surface area contributed by atoms with Gasteiger partial charge in [-0.15, -0.1) is 0 Å². The first-order valence-electron chi connectivity index (χ1n) is 8.46. The van der Waals surface area contributed by atoms with Gasteiger partial charge in [0.05, 0.1) is 26.2 Å². The predicted octanol–water partition coefficient (Wildman–Crippen LogP) is 3.10. The number of hydrogen-bond donors (Lipinski definition) is 0. The summed E-state index contributed by atoms with van der Waals surface area (Å²) in [6, 6.07) is 17.4. The molecule has 5 heteroatoms. The molecule has 0 saturated carbocycles. The number of fused-ring (bicyclic) bond motifs is 1. The van der Waals surface area contributed by atoms with Crippen LogP contribution in [-0.4, -0.2) is 33.3 Å². The molecule has 3 rings (SSSR count). The van der Waals surface area contributed by atoms with Crippen LogP contribution >= 0.6 is 0 Å². The molecule has 0 fully saturated rings. The minimum Gasteiger partial charge on any atom is -0.469 e. The van der Waals surface area contributed by atoms with Crippen molar-refractivity contribution >= 4 is 11.9 Å². The standard InChI is InChI=1S/C21H22O5/c1-24-19-15-12-8-7-11-14(15)16(13-9-5-4-6-10-13)17(20(22)25-2)18(19)21(23)26-3/h4-12,16-19H,1-3H3/t16-,17+,18-,19+/m0/s1. The van der Waals surface area contributed by atoms with E-state index < -0.39 is 29.9 Å². The Morgan fingerprint density at radius 1 is 0.731 bits per heavy atom. The molecular weight excluding hydrogens is 332 g/mol. The molecule has 1 aliphatic carbocycles. The fraction of sp³-hybridized carbons (Fsp3) is 0.333. The van der Waals surface area contributed by atoms with E-state index in [1.165, 1.54) is 21.3 Å². The van der Waals surface area contributed by atoms with E-state index in [0.717, 1.165) is 16.7 Å². The summed E-state index contributed by atoms with van der Waals surface area (Å²) in [7, 11) is 4.19. The smallest absolute Gasteiger partial charge is 0.312 e. The third-order valence-corrected chi connectivity index (χ3v) is 5.07. The Morgan fingerprint density at radius 2 is 1.27 bits per heavy atom. The molecule has 4 atom stereocenters. The number of rotatable bonds is 4. The lowest BCUT2D eigenvalue weighted by atomic mass is 9.65. The van der Waals surface area contributed by atoms with Crippen molar-refractivity contribution in [2.24, 2.45) is 11.8 Å². The highest BCUT2D eigenvalue weighted by atomic mass is 16.5. The molecule has 0 saturated heterocycles. The zero-order valence-electron chi connectivity index (χ0n) is 15.0. The average molecular weight is 354 g/mol. The maximum absolute atomic E-state index is 12.8. The van der Waals surface area contributed by atoms with Crippen molar-refractivity contribution in [1.82, 2.24) is 0 Å². The van der Waals surface area contributed by atoms with Crippen molar-refractivity contribution in [3.8, 4) is 0 Å². The van der Waals surface area contributed by atoms with Gasteiger partial charge in [-0.05, 0) is 16.7 Å². The summed E-state index contributed by atoms with van der Waals surface area (Å²) in [5, 5.41) is 0. The molecule has 136 valence electrons. The minimum atomic E-state index is -0.794. The Morgan fingerprint density at radius 3 is 1.85 bits per heavy atom. The van der Waals surface area contributed by atoms with Crippen LogP contribution in [-0.2, 0) is 23.8 Å². The molecule has 26 heavy (non-hydrogen) atoms. The van der Waals surface area contributed by atoms with E-state index in [-0.39, 0.29) is 5.92 Å². The van der Waals surface area contributed by atoms with Gasteiger partial charge in [-0.1, -0.05) is 54.6 Å². The van der Waals surface area contributed by atoms with Crippen LogP contribution in [0.5, 0.6) is 0 Å². The molecule has 0 spiro atoms. The van der Waals surface area contributed by atoms with E-state index in [1.54, 1.807) is 0 Å². The first kappa shape index (κ1) is 18.1. The van der Waals surface area contributed by atoms with Gasteiger partial charge in [-0.25, -0.2) is 0 Å². The molecule has 0 unspecified atom stereocenters. The summed E-state index contributed by atoms with van der Waals surface area (Å²) >= 11 is 0. The van der Waals surface area contributed by atoms with E-state index in [2.05, 4.69) is 0 Å². The topological polar surface area (TPSA) is 61.8 Å². The molecule has 0 heterocycles. The average Bonchev–Trinajstić information content (AvgIpc) is 2.71. The Balaban J connectivity index is 2.27. The van der Waals surface area contributed by atoms with Gasteiger partial charge in [-0.3, -0.25) is 9.59 Å². The van der Waals surface area contributed by atoms with Crippen molar-refractivity contribution in [1.29, 1.82) is 0 Å². The van der Waals surface area contributed by atoms with Crippen LogP contribution in [0.2, 0.25) is 0 Å². The number of carbonyl (C=O) groups is 2. The van der Waals surface area contributed by atoms with Crippen molar-refractivity contribution in [3.63, 3.8) is 0 Å². The van der Waals surface area contributed by atoms with Gasteiger partial charge in [0.15, 0.2) is 0 Å². The molecule has 0 aromatic heterocycles. The van der Waals surface area contributed by atoms with Crippen LogP contribution < -0.4 is 0 Å². The molecule has 0 aliphatic heterocycles. The molecule has 0 amide bonds. The van der Waals surface area contributed by atoms with Crippen LogP contribution in [0.4, 0.5) is 0 Å². The lowest BCUT2D eigenvalue weighted by Crippen LogP contribution is -2.44. The first-order valence-corrected chi connectivity index (χ1v) is 8.46. The molecule has 2 aromatic rings. The van der Waals surface area contributed by atoms with E-state index in [4.69, 9.17) is 14.2 Å². The zero-order chi connectivity index (χ0) is 18.7. The van der Waals surface area contributed by atoms with Gasteiger partial charge in [-0.2, -0.15) is 0 Å². The van der Waals surface area contributed by atoms with E-state index in [1.807, 2.05) is 54.6 Å². The maximum atomic E-state index is 12.8.